The average molecular weight is 321 g/mol. The number of benzene rings is 1. The van der Waals surface area contributed by atoms with Crippen LogP contribution in [0.2, 0.25) is 0 Å². The Morgan fingerprint density at radius 3 is 2.62 bits per heavy atom. The number of fused-ring (bicyclic) bond motifs is 1. The Bertz CT molecular complexity index is 636. The molecule has 21 heavy (non-hydrogen) atoms. The van der Waals surface area contributed by atoms with Crippen LogP contribution in [0, 0.1) is 0 Å². The molecule has 6 heteroatoms. The molecule has 112 valence electrons. The van der Waals surface area contributed by atoms with E-state index < -0.39 is 11.0 Å². The summed E-state index contributed by atoms with van der Waals surface area (Å²) in [5.41, 5.74) is 1.24. The topological polar surface area (TPSA) is 50.9 Å². The second-order valence-corrected chi connectivity index (χ2v) is 9.26. The van der Waals surface area contributed by atoms with Crippen molar-refractivity contribution in [3.8, 4) is 0 Å². The van der Waals surface area contributed by atoms with Gasteiger partial charge in [0.25, 0.3) is 0 Å². The van der Waals surface area contributed by atoms with Crippen molar-refractivity contribution >= 4 is 18.5 Å². The van der Waals surface area contributed by atoms with Crippen LogP contribution in [0.3, 0.4) is 0 Å². The number of aliphatic hydroxyl groups is 1. The molecule has 0 radical (unpaired) electrons. The highest BCUT2D eigenvalue weighted by Gasteiger charge is 2.36. The van der Waals surface area contributed by atoms with Gasteiger partial charge in [-0.25, -0.2) is 9.67 Å². The molecule has 1 aromatic heterocycles. The molecule has 0 spiro atoms. The number of hydrogen-bond donors (Lipinski definition) is 1. The second kappa shape index (κ2) is 5.43. The standard InChI is InChI=1S/C15H21N3OP2/c1-9-8-11(10-6-4-3-5-7-10)18-14(9)16-13(17-18)12(19)15(2,20)21/h3-7,9,11-12,19H,8,20-21H2,1-2H3. The van der Waals surface area contributed by atoms with Crippen molar-refractivity contribution in [2.75, 3.05) is 0 Å². The van der Waals surface area contributed by atoms with E-state index in [0.717, 1.165) is 12.2 Å². The maximum Gasteiger partial charge on any atom is 0.180 e. The summed E-state index contributed by atoms with van der Waals surface area (Å²) >= 11 is 0. The summed E-state index contributed by atoms with van der Waals surface area (Å²) in [7, 11) is 5.25. The first-order chi connectivity index (χ1) is 9.88. The largest absolute Gasteiger partial charge is 0.384 e. The number of hydrogen-bond acceptors (Lipinski definition) is 3. The van der Waals surface area contributed by atoms with Crippen LogP contribution in [0.1, 0.15) is 55.5 Å². The number of aliphatic hydroxyl groups excluding tert-OH is 1. The zero-order chi connectivity index (χ0) is 15.2. The van der Waals surface area contributed by atoms with Crippen LogP contribution in [0.15, 0.2) is 30.3 Å². The van der Waals surface area contributed by atoms with Gasteiger partial charge < -0.3 is 5.11 Å². The van der Waals surface area contributed by atoms with E-state index in [0.29, 0.717) is 11.7 Å². The molecule has 1 N–H and O–H groups in total. The van der Waals surface area contributed by atoms with Gasteiger partial charge in [0.05, 0.1) is 6.04 Å². The first kappa shape index (κ1) is 15.1. The van der Waals surface area contributed by atoms with Crippen molar-refractivity contribution in [3.05, 3.63) is 47.5 Å². The SMILES string of the molecule is CC1CC(c2ccccc2)n2nc(C(O)C(C)(P)P)nc21. The molecule has 5 unspecified atom stereocenters. The quantitative estimate of drug-likeness (QED) is 0.885. The molecular formula is C15H21N3OP2. The molecule has 5 atom stereocenters. The molecule has 0 fully saturated rings. The van der Waals surface area contributed by atoms with Crippen molar-refractivity contribution in [3.63, 3.8) is 0 Å². The summed E-state index contributed by atoms with van der Waals surface area (Å²) in [5.74, 6) is 1.83. The Hall–Kier alpha value is -0.820. The van der Waals surface area contributed by atoms with Crippen LogP contribution in [-0.4, -0.2) is 24.8 Å². The van der Waals surface area contributed by atoms with Gasteiger partial charge in [-0.3, -0.25) is 0 Å². The molecule has 1 aromatic carbocycles. The molecule has 0 saturated carbocycles. The van der Waals surface area contributed by atoms with Gasteiger partial charge in [-0.1, -0.05) is 37.3 Å². The lowest BCUT2D eigenvalue weighted by Gasteiger charge is -2.23. The third kappa shape index (κ3) is 2.77. The van der Waals surface area contributed by atoms with Crippen molar-refractivity contribution in [2.45, 2.75) is 43.2 Å². The number of aromatic nitrogens is 3. The summed E-state index contributed by atoms with van der Waals surface area (Å²) in [5, 5.41) is 15.0. The van der Waals surface area contributed by atoms with Crippen LogP contribution >= 0.6 is 18.5 Å². The molecule has 3 rings (SSSR count). The lowest BCUT2D eigenvalue weighted by Crippen LogP contribution is -2.20. The molecule has 0 aliphatic carbocycles. The molecule has 0 bridgehead atoms. The minimum atomic E-state index is -0.714. The minimum absolute atomic E-state index is 0.213. The highest BCUT2D eigenvalue weighted by atomic mass is 31.1. The molecular weight excluding hydrogens is 300 g/mol. The Morgan fingerprint density at radius 2 is 2.00 bits per heavy atom. The van der Waals surface area contributed by atoms with Crippen molar-refractivity contribution in [1.29, 1.82) is 0 Å². The maximum atomic E-state index is 10.4. The molecule has 1 aliphatic heterocycles. The zero-order valence-electron chi connectivity index (χ0n) is 12.3. The fourth-order valence-corrected chi connectivity index (χ4v) is 3.10. The van der Waals surface area contributed by atoms with Gasteiger partial charge in [0.1, 0.15) is 11.9 Å². The van der Waals surface area contributed by atoms with Gasteiger partial charge in [-0.05, 0) is 18.9 Å². The van der Waals surface area contributed by atoms with E-state index in [1.807, 2.05) is 29.8 Å². The lowest BCUT2D eigenvalue weighted by atomic mass is 10.0. The Balaban J connectivity index is 1.99. The van der Waals surface area contributed by atoms with Crippen LogP contribution in [0.25, 0.3) is 0 Å². The third-order valence-corrected chi connectivity index (χ3v) is 4.64. The maximum absolute atomic E-state index is 10.4. The predicted octanol–water partition coefficient (Wildman–Crippen LogP) is 2.87. The fraction of sp³-hybridized carbons (Fsp3) is 0.467. The first-order valence-electron chi connectivity index (χ1n) is 7.15. The smallest absolute Gasteiger partial charge is 0.180 e. The summed E-state index contributed by atoms with van der Waals surface area (Å²) < 4.78 is 1.99. The summed E-state index contributed by atoms with van der Waals surface area (Å²) in [6, 6.07) is 10.6. The van der Waals surface area contributed by atoms with Crippen molar-refractivity contribution in [2.24, 2.45) is 0 Å². The second-order valence-electron chi connectivity index (χ2n) is 6.10. The highest BCUT2D eigenvalue weighted by molar-refractivity contribution is 7.39. The van der Waals surface area contributed by atoms with Gasteiger partial charge in [-0.15, -0.1) is 18.5 Å². The van der Waals surface area contributed by atoms with E-state index >= 15 is 0 Å². The van der Waals surface area contributed by atoms with Gasteiger partial charge >= 0.3 is 0 Å². The van der Waals surface area contributed by atoms with E-state index in [9.17, 15) is 5.11 Å². The number of nitrogens with zero attached hydrogens (tertiary/aromatic N) is 3. The van der Waals surface area contributed by atoms with Crippen molar-refractivity contribution < 1.29 is 5.11 Å². The summed E-state index contributed by atoms with van der Waals surface area (Å²) in [4.78, 5) is 4.17. The van der Waals surface area contributed by atoms with Crippen LogP contribution in [0.5, 0.6) is 0 Å². The number of rotatable bonds is 3. The molecule has 0 amide bonds. The van der Waals surface area contributed by atoms with Crippen LogP contribution < -0.4 is 0 Å². The summed E-state index contributed by atoms with van der Waals surface area (Å²) in [6.45, 7) is 4.09. The Labute approximate surface area is 129 Å². The van der Waals surface area contributed by atoms with Gasteiger partial charge in [0.15, 0.2) is 5.82 Å². The highest BCUT2D eigenvalue weighted by Crippen LogP contribution is 2.42. The Morgan fingerprint density at radius 1 is 1.33 bits per heavy atom. The average Bonchev–Trinajstić information content (AvgIpc) is 2.99. The van der Waals surface area contributed by atoms with Gasteiger partial charge in [0, 0.05) is 10.8 Å². The van der Waals surface area contributed by atoms with E-state index in [4.69, 9.17) is 0 Å². The monoisotopic (exact) mass is 321 g/mol. The van der Waals surface area contributed by atoms with Crippen LogP contribution in [0.4, 0.5) is 0 Å². The molecule has 0 saturated heterocycles. The first-order valence-corrected chi connectivity index (χ1v) is 8.30. The van der Waals surface area contributed by atoms with Crippen molar-refractivity contribution in [1.82, 2.24) is 14.8 Å². The lowest BCUT2D eigenvalue weighted by molar-refractivity contribution is 0.157. The van der Waals surface area contributed by atoms with E-state index in [-0.39, 0.29) is 6.04 Å². The zero-order valence-corrected chi connectivity index (χ0v) is 14.6. The Kier molecular flexibility index (Phi) is 3.90. The van der Waals surface area contributed by atoms with Crippen LogP contribution in [-0.2, 0) is 0 Å². The van der Waals surface area contributed by atoms with E-state index in [1.54, 1.807) is 0 Å². The molecule has 2 aromatic rings. The van der Waals surface area contributed by atoms with E-state index in [1.165, 1.54) is 5.56 Å². The summed E-state index contributed by atoms with van der Waals surface area (Å²) in [6.07, 6.45) is 0.295. The molecule has 2 heterocycles. The van der Waals surface area contributed by atoms with Gasteiger partial charge in [0.2, 0.25) is 0 Å². The third-order valence-electron chi connectivity index (χ3n) is 4.00. The molecule has 4 nitrogen and oxygen atoms in total. The molecule has 1 aliphatic rings. The van der Waals surface area contributed by atoms with Gasteiger partial charge in [-0.2, -0.15) is 5.10 Å². The van der Waals surface area contributed by atoms with E-state index in [2.05, 4.69) is 47.6 Å². The normalized spacial score (nSPS) is 23.1. The predicted molar refractivity (Wildman–Crippen MR) is 90.4 cm³/mol. The fourth-order valence-electron chi connectivity index (χ4n) is 2.80. The minimum Gasteiger partial charge on any atom is -0.384 e.